The first-order valence-electron chi connectivity index (χ1n) is 5.85. The molecule has 0 aromatic rings. The van der Waals surface area contributed by atoms with E-state index in [1.54, 1.807) is 0 Å². The van der Waals surface area contributed by atoms with Crippen LogP contribution in [0.2, 0.25) is 0 Å². The van der Waals surface area contributed by atoms with Crippen LogP contribution in [0.4, 0.5) is 0 Å². The molecule has 0 spiro atoms. The first-order valence-corrected chi connectivity index (χ1v) is 7.57. The second-order valence-corrected chi connectivity index (χ2v) is 7.00. The van der Waals surface area contributed by atoms with E-state index in [4.69, 9.17) is 5.73 Å². The molecule has 1 fully saturated rings. The van der Waals surface area contributed by atoms with E-state index in [0.717, 1.165) is 19.3 Å². The highest BCUT2D eigenvalue weighted by Gasteiger charge is 2.38. The van der Waals surface area contributed by atoms with Crippen LogP contribution in [0, 0.1) is 5.41 Å². The van der Waals surface area contributed by atoms with Gasteiger partial charge >= 0.3 is 0 Å². The van der Waals surface area contributed by atoms with Gasteiger partial charge in [0.05, 0.1) is 11.8 Å². The predicted octanol–water partition coefficient (Wildman–Crippen LogP) is -0.0676. The highest BCUT2D eigenvalue weighted by molar-refractivity contribution is 7.94. The average molecular weight is 258 g/mol. The Hall–Kier alpha value is -0.880. The first kappa shape index (κ1) is 12.6. The van der Waals surface area contributed by atoms with Gasteiger partial charge in [-0.05, 0) is 30.9 Å². The molecule has 1 aliphatic heterocycles. The topological polar surface area (TPSA) is 89.3 Å². The maximum atomic E-state index is 11.8. The predicted molar refractivity (Wildman–Crippen MR) is 64.8 cm³/mol. The molecule has 0 radical (unpaired) electrons. The molecule has 2 rings (SSSR count). The van der Waals surface area contributed by atoms with E-state index < -0.39 is 9.84 Å². The lowest BCUT2D eigenvalue weighted by Crippen LogP contribution is -2.44. The number of sulfone groups is 1. The number of rotatable bonds is 4. The molecular weight excluding hydrogens is 240 g/mol. The molecule has 1 heterocycles. The SMILES string of the molecule is NCC1(CC(=O)NC2C=CS(=O)(=O)C2)CCC1. The van der Waals surface area contributed by atoms with Crippen molar-refractivity contribution in [2.24, 2.45) is 11.1 Å². The lowest BCUT2D eigenvalue weighted by atomic mass is 9.66. The summed E-state index contributed by atoms with van der Waals surface area (Å²) in [4.78, 5) is 11.8. The lowest BCUT2D eigenvalue weighted by molar-refractivity contribution is -0.125. The zero-order valence-corrected chi connectivity index (χ0v) is 10.5. The fourth-order valence-electron chi connectivity index (χ4n) is 2.39. The fourth-order valence-corrected chi connectivity index (χ4v) is 3.63. The van der Waals surface area contributed by atoms with Crippen LogP contribution in [0.15, 0.2) is 11.5 Å². The van der Waals surface area contributed by atoms with Crippen LogP contribution in [-0.4, -0.2) is 32.7 Å². The number of hydrogen-bond donors (Lipinski definition) is 2. The van der Waals surface area contributed by atoms with Gasteiger partial charge in [-0.2, -0.15) is 0 Å². The van der Waals surface area contributed by atoms with Gasteiger partial charge in [0, 0.05) is 11.8 Å². The summed E-state index contributed by atoms with van der Waals surface area (Å²) in [5, 5.41) is 3.90. The van der Waals surface area contributed by atoms with Crippen molar-refractivity contribution in [1.82, 2.24) is 5.32 Å². The minimum atomic E-state index is -3.10. The summed E-state index contributed by atoms with van der Waals surface area (Å²) in [6.07, 6.45) is 5.06. The zero-order valence-electron chi connectivity index (χ0n) is 9.69. The molecule has 0 bridgehead atoms. The van der Waals surface area contributed by atoms with Crippen molar-refractivity contribution in [3.05, 3.63) is 11.5 Å². The first-order chi connectivity index (χ1) is 7.95. The van der Waals surface area contributed by atoms with Gasteiger partial charge in [0.15, 0.2) is 9.84 Å². The van der Waals surface area contributed by atoms with Crippen molar-refractivity contribution in [1.29, 1.82) is 0 Å². The third-order valence-electron chi connectivity index (χ3n) is 3.66. The number of hydrogen-bond acceptors (Lipinski definition) is 4. The Morgan fingerprint density at radius 3 is 2.59 bits per heavy atom. The van der Waals surface area contributed by atoms with E-state index in [1.165, 1.54) is 11.5 Å². The van der Waals surface area contributed by atoms with Gasteiger partial charge < -0.3 is 11.1 Å². The van der Waals surface area contributed by atoms with Crippen molar-refractivity contribution in [2.45, 2.75) is 31.7 Å². The molecule has 0 aromatic heterocycles. The maximum absolute atomic E-state index is 11.8. The van der Waals surface area contributed by atoms with Gasteiger partial charge in [0.1, 0.15) is 0 Å². The summed E-state index contributed by atoms with van der Waals surface area (Å²) in [5.41, 5.74) is 5.64. The van der Waals surface area contributed by atoms with Crippen LogP contribution in [0.3, 0.4) is 0 Å². The highest BCUT2D eigenvalue weighted by Crippen LogP contribution is 2.42. The Kier molecular flexibility index (Phi) is 3.27. The van der Waals surface area contributed by atoms with Crippen LogP contribution < -0.4 is 11.1 Å². The molecule has 0 saturated heterocycles. The van der Waals surface area contributed by atoms with E-state index >= 15 is 0 Å². The number of nitrogens with one attached hydrogen (secondary N) is 1. The molecule has 5 nitrogen and oxygen atoms in total. The summed E-state index contributed by atoms with van der Waals surface area (Å²) < 4.78 is 22.3. The Balaban J connectivity index is 1.84. The standard InChI is InChI=1S/C11H18N2O3S/c12-8-11(3-1-4-11)6-10(14)13-9-2-5-17(15,16)7-9/h2,5,9H,1,3-4,6-8,12H2,(H,13,14). The number of carbonyl (C=O) groups excluding carboxylic acids is 1. The van der Waals surface area contributed by atoms with Crippen LogP contribution in [0.5, 0.6) is 0 Å². The molecule has 1 aliphatic carbocycles. The molecule has 1 atom stereocenters. The summed E-state index contributed by atoms with van der Waals surface area (Å²) in [5.74, 6) is -0.115. The third kappa shape index (κ3) is 2.87. The van der Waals surface area contributed by atoms with E-state index in [2.05, 4.69) is 5.32 Å². The van der Waals surface area contributed by atoms with Crippen LogP contribution in [0.1, 0.15) is 25.7 Å². The van der Waals surface area contributed by atoms with Crippen LogP contribution in [-0.2, 0) is 14.6 Å². The lowest BCUT2D eigenvalue weighted by Gasteiger charge is -2.40. The number of nitrogens with two attached hydrogens (primary N) is 1. The maximum Gasteiger partial charge on any atom is 0.221 e. The summed E-state index contributed by atoms with van der Waals surface area (Å²) in [6, 6.07) is -0.373. The molecular formula is C11H18N2O3S. The van der Waals surface area contributed by atoms with Gasteiger partial charge in [0.2, 0.25) is 5.91 Å². The van der Waals surface area contributed by atoms with E-state index in [1.807, 2.05) is 0 Å². The van der Waals surface area contributed by atoms with E-state index in [-0.39, 0.29) is 23.1 Å². The van der Waals surface area contributed by atoms with E-state index in [0.29, 0.717) is 13.0 Å². The molecule has 6 heteroatoms. The van der Waals surface area contributed by atoms with Crippen molar-refractivity contribution in [3.63, 3.8) is 0 Å². The minimum absolute atomic E-state index is 0.0195. The Bertz CT molecular complexity index is 432. The average Bonchev–Trinajstić information content (AvgIpc) is 2.52. The molecule has 1 amide bonds. The van der Waals surface area contributed by atoms with Gasteiger partial charge in [-0.3, -0.25) is 4.79 Å². The summed E-state index contributed by atoms with van der Waals surface area (Å²) >= 11 is 0. The van der Waals surface area contributed by atoms with Gasteiger partial charge in [-0.25, -0.2) is 8.42 Å². The molecule has 1 unspecified atom stereocenters. The monoisotopic (exact) mass is 258 g/mol. The quantitative estimate of drug-likeness (QED) is 0.739. The number of amides is 1. The second kappa shape index (κ2) is 4.42. The van der Waals surface area contributed by atoms with Gasteiger partial charge in [0.25, 0.3) is 0 Å². The highest BCUT2D eigenvalue weighted by atomic mass is 32.2. The second-order valence-electron chi connectivity index (χ2n) is 5.07. The van der Waals surface area contributed by atoms with E-state index in [9.17, 15) is 13.2 Å². The zero-order chi connectivity index (χ0) is 12.5. The van der Waals surface area contributed by atoms with Gasteiger partial charge in [-0.15, -0.1) is 0 Å². The third-order valence-corrected chi connectivity index (χ3v) is 5.05. The van der Waals surface area contributed by atoms with Crippen LogP contribution in [0.25, 0.3) is 0 Å². The largest absolute Gasteiger partial charge is 0.349 e. The molecule has 3 N–H and O–H groups in total. The normalized spacial score (nSPS) is 28.6. The Morgan fingerprint density at radius 1 is 1.47 bits per heavy atom. The van der Waals surface area contributed by atoms with Crippen molar-refractivity contribution < 1.29 is 13.2 Å². The fraction of sp³-hybridized carbons (Fsp3) is 0.727. The summed E-state index contributed by atoms with van der Waals surface area (Å²) in [7, 11) is -3.10. The van der Waals surface area contributed by atoms with Crippen molar-refractivity contribution in [2.75, 3.05) is 12.3 Å². The van der Waals surface area contributed by atoms with Crippen LogP contribution >= 0.6 is 0 Å². The molecule has 17 heavy (non-hydrogen) atoms. The summed E-state index contributed by atoms with van der Waals surface area (Å²) in [6.45, 7) is 0.527. The molecule has 2 aliphatic rings. The molecule has 1 saturated carbocycles. The molecule has 96 valence electrons. The Morgan fingerprint density at radius 2 is 2.18 bits per heavy atom. The smallest absolute Gasteiger partial charge is 0.221 e. The minimum Gasteiger partial charge on any atom is -0.349 e. The van der Waals surface area contributed by atoms with Crippen molar-refractivity contribution >= 4 is 15.7 Å². The Labute approximate surface area is 101 Å². The number of carbonyl (C=O) groups is 1. The molecule has 0 aromatic carbocycles. The van der Waals surface area contributed by atoms with Crippen molar-refractivity contribution in [3.8, 4) is 0 Å². The van der Waals surface area contributed by atoms with Gasteiger partial charge in [-0.1, -0.05) is 6.42 Å².